The molecule has 0 aliphatic heterocycles. The summed E-state index contributed by atoms with van der Waals surface area (Å²) in [5.41, 5.74) is 5.37. The minimum Gasteiger partial charge on any atom is -0.484 e. The molecule has 0 saturated heterocycles. The molecule has 7 nitrogen and oxygen atoms in total. The van der Waals surface area contributed by atoms with Crippen LogP contribution in [0.2, 0.25) is 0 Å². The van der Waals surface area contributed by atoms with Crippen LogP contribution in [0.5, 0.6) is 5.75 Å². The number of aliphatic carboxylic acids is 1. The van der Waals surface area contributed by atoms with Crippen molar-refractivity contribution in [1.29, 1.82) is 0 Å². The Balaban J connectivity index is 2.24. The van der Waals surface area contributed by atoms with Crippen LogP contribution in [-0.4, -0.2) is 29.5 Å². The van der Waals surface area contributed by atoms with Crippen LogP contribution in [0.15, 0.2) is 22.7 Å². The first-order valence-corrected chi connectivity index (χ1v) is 7.36. The van der Waals surface area contributed by atoms with Crippen LogP contribution >= 0.6 is 15.9 Å². The van der Waals surface area contributed by atoms with Crippen molar-refractivity contribution >= 4 is 33.7 Å². The van der Waals surface area contributed by atoms with E-state index in [0.717, 1.165) is 10.0 Å². The zero-order valence-electron chi connectivity index (χ0n) is 12.0. The molecule has 0 saturated carbocycles. The Morgan fingerprint density at radius 1 is 1.18 bits per heavy atom. The van der Waals surface area contributed by atoms with E-state index in [2.05, 4.69) is 26.8 Å². The predicted molar refractivity (Wildman–Crippen MR) is 82.1 cm³/mol. The van der Waals surface area contributed by atoms with Crippen molar-refractivity contribution in [2.45, 2.75) is 26.2 Å². The van der Waals surface area contributed by atoms with Gasteiger partial charge in [-0.3, -0.25) is 25.2 Å². The summed E-state index contributed by atoms with van der Waals surface area (Å²) in [6, 6.07) is 5.31. The Morgan fingerprint density at radius 2 is 1.86 bits per heavy atom. The normalized spacial score (nSPS) is 9.91. The van der Waals surface area contributed by atoms with E-state index in [4.69, 9.17) is 9.84 Å². The topological polar surface area (TPSA) is 105 Å². The maximum atomic E-state index is 11.5. The lowest BCUT2D eigenvalue weighted by atomic mass is 10.2. The van der Waals surface area contributed by atoms with Crippen molar-refractivity contribution < 1.29 is 24.2 Å². The molecule has 0 fully saturated rings. The number of ether oxygens (including phenoxy) is 1. The van der Waals surface area contributed by atoms with E-state index < -0.39 is 17.8 Å². The number of benzene rings is 1. The first-order chi connectivity index (χ1) is 10.4. The largest absolute Gasteiger partial charge is 0.484 e. The number of carbonyl (C=O) groups is 3. The molecule has 0 aromatic heterocycles. The maximum absolute atomic E-state index is 11.5. The van der Waals surface area contributed by atoms with Crippen LogP contribution in [-0.2, 0) is 14.4 Å². The van der Waals surface area contributed by atoms with Gasteiger partial charge in [0.2, 0.25) is 5.91 Å². The molecule has 8 heteroatoms. The molecule has 0 spiro atoms. The number of aryl methyl sites for hydroxylation is 1. The van der Waals surface area contributed by atoms with E-state index in [9.17, 15) is 14.4 Å². The fraction of sp³-hybridized carbons (Fsp3) is 0.357. The minimum atomic E-state index is -0.963. The van der Waals surface area contributed by atoms with Gasteiger partial charge in [-0.2, -0.15) is 0 Å². The Hall–Kier alpha value is -2.09. The van der Waals surface area contributed by atoms with Gasteiger partial charge in [-0.1, -0.05) is 15.9 Å². The monoisotopic (exact) mass is 372 g/mol. The van der Waals surface area contributed by atoms with Crippen molar-refractivity contribution in [3.63, 3.8) is 0 Å². The molecule has 0 aliphatic rings. The summed E-state index contributed by atoms with van der Waals surface area (Å²) in [5, 5.41) is 8.44. The highest BCUT2D eigenvalue weighted by atomic mass is 79.9. The molecule has 0 atom stereocenters. The maximum Gasteiger partial charge on any atom is 0.303 e. The summed E-state index contributed by atoms with van der Waals surface area (Å²) in [6.45, 7) is 1.66. The van der Waals surface area contributed by atoms with E-state index in [-0.39, 0.29) is 25.9 Å². The van der Waals surface area contributed by atoms with Crippen LogP contribution in [0.25, 0.3) is 0 Å². The number of hydrazine groups is 1. The molecular formula is C14H17BrN2O5. The third-order valence-electron chi connectivity index (χ3n) is 2.64. The summed E-state index contributed by atoms with van der Waals surface area (Å²) in [7, 11) is 0. The van der Waals surface area contributed by atoms with Crippen molar-refractivity contribution in [3.8, 4) is 5.75 Å². The molecule has 0 unspecified atom stereocenters. The quantitative estimate of drug-likeness (QED) is 0.629. The predicted octanol–water partition coefficient (Wildman–Crippen LogP) is 1.54. The first-order valence-electron chi connectivity index (χ1n) is 6.57. The van der Waals surface area contributed by atoms with E-state index in [1.54, 1.807) is 12.1 Å². The van der Waals surface area contributed by atoms with Crippen LogP contribution < -0.4 is 15.6 Å². The molecule has 1 aromatic rings. The van der Waals surface area contributed by atoms with Crippen molar-refractivity contribution in [3.05, 3.63) is 28.2 Å². The van der Waals surface area contributed by atoms with Crippen molar-refractivity contribution in [1.82, 2.24) is 10.9 Å². The lowest BCUT2D eigenvalue weighted by molar-refractivity contribution is -0.137. The van der Waals surface area contributed by atoms with Gasteiger partial charge in [0.25, 0.3) is 5.91 Å². The van der Waals surface area contributed by atoms with Crippen LogP contribution in [0.4, 0.5) is 0 Å². The molecule has 2 amide bonds. The molecule has 0 bridgehead atoms. The van der Waals surface area contributed by atoms with E-state index in [1.165, 1.54) is 0 Å². The van der Waals surface area contributed by atoms with Gasteiger partial charge in [-0.05, 0) is 37.1 Å². The van der Waals surface area contributed by atoms with E-state index in [1.807, 2.05) is 13.0 Å². The molecular weight excluding hydrogens is 356 g/mol. The molecule has 0 heterocycles. The van der Waals surface area contributed by atoms with Crippen molar-refractivity contribution in [2.75, 3.05) is 6.61 Å². The summed E-state index contributed by atoms with van der Waals surface area (Å²) in [4.78, 5) is 33.1. The molecule has 1 rings (SSSR count). The fourth-order valence-corrected chi connectivity index (χ4v) is 1.74. The number of carboxylic acids is 1. The number of carboxylic acid groups (broad SMARTS) is 1. The van der Waals surface area contributed by atoms with Gasteiger partial charge in [0.05, 0.1) is 0 Å². The molecule has 120 valence electrons. The number of hydrogen-bond donors (Lipinski definition) is 3. The lowest BCUT2D eigenvalue weighted by Crippen LogP contribution is -2.43. The van der Waals surface area contributed by atoms with Crippen LogP contribution in [0.1, 0.15) is 24.8 Å². The van der Waals surface area contributed by atoms with Crippen LogP contribution in [0.3, 0.4) is 0 Å². The average molecular weight is 373 g/mol. The zero-order chi connectivity index (χ0) is 16.5. The lowest BCUT2D eigenvalue weighted by Gasteiger charge is -2.09. The second-order valence-electron chi connectivity index (χ2n) is 4.54. The number of rotatable bonds is 7. The highest BCUT2D eigenvalue weighted by molar-refractivity contribution is 9.10. The van der Waals surface area contributed by atoms with Gasteiger partial charge in [0.1, 0.15) is 5.75 Å². The number of halogens is 1. The van der Waals surface area contributed by atoms with E-state index >= 15 is 0 Å². The summed E-state index contributed by atoms with van der Waals surface area (Å²) >= 11 is 3.36. The molecule has 22 heavy (non-hydrogen) atoms. The Morgan fingerprint density at radius 3 is 2.50 bits per heavy atom. The summed E-state index contributed by atoms with van der Waals surface area (Å²) in [5.74, 6) is -1.38. The first kappa shape index (κ1) is 18.0. The average Bonchev–Trinajstić information content (AvgIpc) is 2.46. The second kappa shape index (κ2) is 9.04. The van der Waals surface area contributed by atoms with Gasteiger partial charge in [0.15, 0.2) is 6.61 Å². The number of carbonyl (C=O) groups excluding carboxylic acids is 2. The number of hydrogen-bond acceptors (Lipinski definition) is 4. The summed E-state index contributed by atoms with van der Waals surface area (Å²) < 4.78 is 6.23. The van der Waals surface area contributed by atoms with Gasteiger partial charge < -0.3 is 9.84 Å². The Bertz CT molecular complexity index is 562. The number of nitrogens with one attached hydrogen (secondary N) is 2. The molecule has 0 aliphatic carbocycles. The van der Waals surface area contributed by atoms with Gasteiger partial charge >= 0.3 is 5.97 Å². The van der Waals surface area contributed by atoms with Crippen LogP contribution in [0, 0.1) is 6.92 Å². The summed E-state index contributed by atoms with van der Waals surface area (Å²) in [6.07, 6.45) is 0.151. The van der Waals surface area contributed by atoms with Crippen molar-refractivity contribution in [2.24, 2.45) is 0 Å². The fourth-order valence-electron chi connectivity index (χ4n) is 1.49. The Kier molecular flexibility index (Phi) is 7.38. The van der Waals surface area contributed by atoms with E-state index in [0.29, 0.717) is 5.75 Å². The highest BCUT2D eigenvalue weighted by Gasteiger charge is 2.07. The minimum absolute atomic E-state index is 0.0271. The molecule has 3 N–H and O–H groups in total. The Labute approximate surface area is 136 Å². The molecule has 0 radical (unpaired) electrons. The third-order valence-corrected chi connectivity index (χ3v) is 3.52. The standard InChI is InChI=1S/C14H17BrN2O5/c1-9-7-10(5-6-11(9)15)22-8-13(19)17-16-12(18)3-2-4-14(20)21/h5-7H,2-4,8H2,1H3,(H,16,18)(H,17,19)(H,20,21). The van der Waals surface area contributed by atoms with Gasteiger partial charge in [-0.15, -0.1) is 0 Å². The third kappa shape index (κ3) is 7.07. The zero-order valence-corrected chi connectivity index (χ0v) is 13.6. The van der Waals surface area contributed by atoms with Gasteiger partial charge in [-0.25, -0.2) is 0 Å². The SMILES string of the molecule is Cc1cc(OCC(=O)NNC(=O)CCCC(=O)O)ccc1Br. The highest BCUT2D eigenvalue weighted by Crippen LogP contribution is 2.21. The molecule has 1 aromatic carbocycles. The number of amides is 2. The second-order valence-corrected chi connectivity index (χ2v) is 5.40. The van der Waals surface area contributed by atoms with Gasteiger partial charge in [0, 0.05) is 17.3 Å². The smallest absolute Gasteiger partial charge is 0.303 e.